The van der Waals surface area contributed by atoms with E-state index in [-0.39, 0.29) is 35.6 Å². The number of benzene rings is 2. The van der Waals surface area contributed by atoms with Crippen molar-refractivity contribution in [1.82, 2.24) is 0 Å². The van der Waals surface area contributed by atoms with Crippen molar-refractivity contribution >= 4 is 14.4 Å². The summed E-state index contributed by atoms with van der Waals surface area (Å²) in [6, 6.07) is 10.4. The summed E-state index contributed by atoms with van der Waals surface area (Å²) in [5.74, 6) is 0. The zero-order chi connectivity index (χ0) is 29.8. The van der Waals surface area contributed by atoms with E-state index in [2.05, 4.69) is 110 Å². The normalized spacial score (nSPS) is 19.5. The maximum absolute atomic E-state index is 2.78. The Kier molecular flexibility index (Phi) is 11.2. The molecule has 2 aromatic carbocycles. The molecule has 0 nitrogen and oxygen atoms in total. The summed E-state index contributed by atoms with van der Waals surface area (Å²) in [7, 11) is 0. The molecule has 0 N–H and O–H groups in total. The molecule has 44 heavy (non-hydrogen) atoms. The molecule has 3 heteroatoms. The minimum absolute atomic E-state index is 0. The molecule has 234 valence electrons. The summed E-state index contributed by atoms with van der Waals surface area (Å²) < 4.78 is 4.53. The predicted octanol–water partition coefficient (Wildman–Crippen LogP) is 5.85. The molecule has 0 aromatic heterocycles. The van der Waals surface area contributed by atoms with E-state index in [0.29, 0.717) is 3.63 Å². The first-order chi connectivity index (χ1) is 20.1. The van der Waals surface area contributed by atoms with Gasteiger partial charge in [-0.05, 0) is 0 Å². The van der Waals surface area contributed by atoms with Crippen LogP contribution in [-0.2, 0) is 38.5 Å². The Morgan fingerprint density at radius 3 is 1.95 bits per heavy atom. The Balaban J connectivity index is 0.00000221. The fourth-order valence-corrected chi connectivity index (χ4v) is 18.4. The van der Waals surface area contributed by atoms with E-state index in [0.717, 1.165) is 12.8 Å². The van der Waals surface area contributed by atoms with Gasteiger partial charge in [0.15, 0.2) is 0 Å². The molecule has 2 aromatic rings. The molecular weight excluding hydrogens is 655 g/mol. The van der Waals surface area contributed by atoms with Crippen LogP contribution in [0.1, 0.15) is 140 Å². The topological polar surface area (TPSA) is 0 Å². The Morgan fingerprint density at radius 1 is 0.795 bits per heavy atom. The van der Waals surface area contributed by atoms with E-state index in [9.17, 15) is 0 Å². The van der Waals surface area contributed by atoms with Gasteiger partial charge in [0.1, 0.15) is 0 Å². The van der Waals surface area contributed by atoms with Gasteiger partial charge in [-0.2, -0.15) is 0 Å². The average Bonchev–Trinajstić information content (AvgIpc) is 3.61. The molecular formula is C41H52Cl2Zr. The Morgan fingerprint density at radius 2 is 1.39 bits per heavy atom. The maximum atomic E-state index is 2.78. The molecule has 0 saturated heterocycles. The van der Waals surface area contributed by atoms with Crippen LogP contribution < -0.4 is 24.8 Å². The number of hydrogen-bond donors (Lipinski definition) is 0. The number of allylic oxidation sites excluding steroid dienone is 8. The molecule has 1 unspecified atom stereocenters. The van der Waals surface area contributed by atoms with Gasteiger partial charge in [0.2, 0.25) is 0 Å². The quantitative estimate of drug-likeness (QED) is 0.276. The largest absolute Gasteiger partial charge is 1.00 e. The first-order valence-corrected chi connectivity index (χ1v) is 20.7. The van der Waals surface area contributed by atoms with Crippen molar-refractivity contribution in [3.05, 3.63) is 91.3 Å². The van der Waals surface area contributed by atoms with Crippen molar-refractivity contribution in [3.8, 4) is 11.1 Å². The van der Waals surface area contributed by atoms with Crippen LogP contribution in [0.2, 0.25) is 3.63 Å². The second-order valence-electron chi connectivity index (χ2n) is 14.9. The zero-order valence-electron chi connectivity index (χ0n) is 28.4. The number of hydrogen-bond acceptors (Lipinski definition) is 0. The first kappa shape index (κ1) is 35.6. The third-order valence-corrected chi connectivity index (χ3v) is 20.4. The average molecular weight is 707 g/mol. The summed E-state index contributed by atoms with van der Waals surface area (Å²) >= 11 is -2.14. The van der Waals surface area contributed by atoms with E-state index in [1.54, 1.807) is 16.7 Å². The summed E-state index contributed by atoms with van der Waals surface area (Å²) in [4.78, 5) is 0. The van der Waals surface area contributed by atoms with Crippen LogP contribution in [-0.4, -0.2) is 3.21 Å². The van der Waals surface area contributed by atoms with Gasteiger partial charge in [-0.3, -0.25) is 0 Å². The van der Waals surface area contributed by atoms with Gasteiger partial charge in [-0.25, -0.2) is 0 Å². The van der Waals surface area contributed by atoms with Crippen LogP contribution in [0.4, 0.5) is 0 Å². The molecule has 0 spiro atoms. The SMILES string of the molecule is CCCC[C](CCCC)=[Zr+2]([C]1=CC=CC1)[CH]1C=C(C)c2cc3c(cc2C1(C)C)Cc1cc2c(cc1-3)C(C)=CCC2(C)C.[Cl-].[Cl-]. The van der Waals surface area contributed by atoms with E-state index in [1.807, 2.05) is 6.49 Å². The Hall–Kier alpha value is -1.27. The van der Waals surface area contributed by atoms with Crippen LogP contribution >= 0.6 is 0 Å². The third kappa shape index (κ3) is 6.21. The first-order valence-electron chi connectivity index (χ1n) is 16.9. The fourth-order valence-electron chi connectivity index (χ4n) is 8.29. The van der Waals surface area contributed by atoms with Crippen LogP contribution in [0.3, 0.4) is 0 Å². The molecule has 0 fully saturated rings. The van der Waals surface area contributed by atoms with Gasteiger partial charge in [0.05, 0.1) is 0 Å². The maximum Gasteiger partial charge on any atom is -1.00 e. The van der Waals surface area contributed by atoms with E-state index in [4.69, 9.17) is 0 Å². The van der Waals surface area contributed by atoms with Crippen LogP contribution in [0.5, 0.6) is 0 Å². The number of unbranched alkanes of at least 4 members (excludes halogenated alkanes) is 2. The van der Waals surface area contributed by atoms with Gasteiger partial charge in [-0.1, -0.05) is 0 Å². The van der Waals surface area contributed by atoms with Crippen molar-refractivity contribution in [2.75, 3.05) is 0 Å². The zero-order valence-corrected chi connectivity index (χ0v) is 32.4. The van der Waals surface area contributed by atoms with Crippen LogP contribution in [0.25, 0.3) is 22.3 Å². The number of rotatable bonds is 8. The van der Waals surface area contributed by atoms with Crippen molar-refractivity contribution in [3.63, 3.8) is 0 Å². The fraction of sp³-hybridized carbons (Fsp3) is 0.488. The number of fused-ring (bicyclic) bond motifs is 5. The Labute approximate surface area is 288 Å². The Bertz CT molecular complexity index is 1580. The van der Waals surface area contributed by atoms with E-state index in [1.165, 1.54) is 83.9 Å². The summed E-state index contributed by atoms with van der Waals surface area (Å²) in [5.41, 5.74) is 15.6. The summed E-state index contributed by atoms with van der Waals surface area (Å²) in [6.07, 6.45) is 24.0. The minimum Gasteiger partial charge on any atom is -1.00 e. The summed E-state index contributed by atoms with van der Waals surface area (Å²) in [5, 5.41) is 0. The standard InChI is InChI=1S/C27H29.C9H18.C5H5.2ClH.Zr/c1-16-7-9-26(3,4)24-12-18-11-19-13-25-21(17(2)8-10-27(25,5)6)15-23(19)22(18)14-20(16)24;1-3-5-7-9-8-6-4-2;1-2-4-5-3-1;;;/h7-9,12-15H,10-11H2,1-6H3;3-8H2,1-2H3;1-3H,4H2;2*1H;/q;;;;;+2/p-2. The summed E-state index contributed by atoms with van der Waals surface area (Å²) in [6.45, 7) is 19.5. The molecule has 0 radical (unpaired) electrons. The van der Waals surface area contributed by atoms with Crippen LogP contribution in [0, 0.1) is 0 Å². The smallest absolute Gasteiger partial charge is 1.00 e. The molecule has 4 aliphatic rings. The van der Waals surface area contributed by atoms with Crippen LogP contribution in [0.15, 0.2) is 57.9 Å². The van der Waals surface area contributed by atoms with Gasteiger partial charge in [0, 0.05) is 0 Å². The minimum atomic E-state index is -2.14. The van der Waals surface area contributed by atoms with Gasteiger partial charge in [-0.15, -0.1) is 0 Å². The van der Waals surface area contributed by atoms with Crippen molar-refractivity contribution in [2.24, 2.45) is 0 Å². The molecule has 0 amide bonds. The molecule has 4 aliphatic carbocycles. The molecule has 6 rings (SSSR count). The second kappa shape index (κ2) is 13.8. The second-order valence-corrected chi connectivity index (χ2v) is 21.7. The molecule has 0 saturated carbocycles. The molecule has 0 bridgehead atoms. The third-order valence-electron chi connectivity index (χ3n) is 11.0. The van der Waals surface area contributed by atoms with E-state index >= 15 is 0 Å². The molecule has 0 heterocycles. The van der Waals surface area contributed by atoms with Crippen molar-refractivity contribution in [1.29, 1.82) is 0 Å². The molecule has 1 atom stereocenters. The molecule has 0 aliphatic heterocycles. The van der Waals surface area contributed by atoms with Gasteiger partial charge < -0.3 is 24.8 Å². The number of halogens is 2. The van der Waals surface area contributed by atoms with Crippen molar-refractivity contribution in [2.45, 2.75) is 128 Å². The predicted molar refractivity (Wildman–Crippen MR) is 182 cm³/mol. The monoisotopic (exact) mass is 704 g/mol. The van der Waals surface area contributed by atoms with Gasteiger partial charge in [0.25, 0.3) is 0 Å². The van der Waals surface area contributed by atoms with E-state index < -0.39 is 21.3 Å². The van der Waals surface area contributed by atoms with Crippen molar-refractivity contribution < 1.29 is 46.1 Å². The van der Waals surface area contributed by atoms with Gasteiger partial charge >= 0.3 is 266 Å².